The van der Waals surface area contributed by atoms with Crippen molar-refractivity contribution in [2.24, 2.45) is 4.99 Å². The standard InChI is InChI=1S/C21H17ClN8O2/c1-10-17(26-15-5-2-11(8-23)6-14(15)22)28-19-12(7-16-20(31)29-21(32)27-16)9-24-30(19)18(10)25-13-3-4-13/h2,5-7,9,13,26,31H,3-4H2,1H3,(H2,27,29,32). The molecular formula is C21H17ClN8O2. The van der Waals surface area contributed by atoms with Crippen LogP contribution in [0.3, 0.4) is 0 Å². The van der Waals surface area contributed by atoms with E-state index in [9.17, 15) is 9.90 Å². The molecule has 0 radical (unpaired) electrons. The fraction of sp³-hybridized carbons (Fsp3) is 0.190. The van der Waals surface area contributed by atoms with Crippen LogP contribution >= 0.6 is 11.6 Å². The molecule has 4 aromatic rings. The molecule has 0 spiro atoms. The number of anilines is 2. The smallest absolute Gasteiger partial charge is 0.326 e. The summed E-state index contributed by atoms with van der Waals surface area (Å²) in [7, 11) is 0. The molecule has 1 aliphatic carbocycles. The van der Waals surface area contributed by atoms with Gasteiger partial charge in [0.15, 0.2) is 11.1 Å². The average molecular weight is 449 g/mol. The first-order valence-electron chi connectivity index (χ1n) is 9.85. The number of nitrogens with one attached hydrogen (secondary N) is 3. The molecule has 0 bridgehead atoms. The number of aromatic amines is 2. The molecule has 10 nitrogen and oxygen atoms in total. The summed E-state index contributed by atoms with van der Waals surface area (Å²) < 4.78 is 1.65. The van der Waals surface area contributed by atoms with Crippen LogP contribution in [0.2, 0.25) is 5.02 Å². The molecule has 5 rings (SSSR count). The molecular weight excluding hydrogens is 432 g/mol. The van der Waals surface area contributed by atoms with E-state index in [4.69, 9.17) is 26.8 Å². The number of aromatic nitrogens is 5. The minimum Gasteiger partial charge on any atom is -0.493 e. The number of hydrogen-bond donors (Lipinski definition) is 4. The van der Waals surface area contributed by atoms with Crippen molar-refractivity contribution in [1.29, 1.82) is 5.26 Å². The molecule has 0 atom stereocenters. The van der Waals surface area contributed by atoms with E-state index in [2.05, 4.69) is 26.5 Å². The summed E-state index contributed by atoms with van der Waals surface area (Å²) in [5.74, 6) is 0.262. The van der Waals surface area contributed by atoms with Gasteiger partial charge in [-0.1, -0.05) is 11.6 Å². The second-order valence-electron chi connectivity index (χ2n) is 7.52. The first kappa shape index (κ1) is 19.8. The highest BCUT2D eigenvalue weighted by Gasteiger charge is 2.21. The Morgan fingerprint density at radius 2 is 2.22 bits per heavy atom. The lowest BCUT2D eigenvalue weighted by Crippen LogP contribution is -2.24. The summed E-state index contributed by atoms with van der Waals surface area (Å²) in [5.41, 5.74) is 2.70. The van der Waals surface area contributed by atoms with Crippen LogP contribution in [-0.4, -0.2) is 35.7 Å². The predicted octanol–water partition coefficient (Wildman–Crippen LogP) is 1.64. The van der Waals surface area contributed by atoms with E-state index in [1.165, 1.54) is 0 Å². The Morgan fingerprint density at radius 3 is 2.88 bits per heavy atom. The zero-order valence-electron chi connectivity index (χ0n) is 16.8. The first-order chi connectivity index (χ1) is 15.4. The zero-order chi connectivity index (χ0) is 22.4. The molecule has 11 heteroatoms. The maximum absolute atomic E-state index is 11.5. The normalized spacial score (nSPS) is 14.8. The van der Waals surface area contributed by atoms with Crippen molar-refractivity contribution in [2.75, 3.05) is 5.32 Å². The maximum atomic E-state index is 11.5. The van der Waals surface area contributed by atoms with Crippen LogP contribution in [0, 0.1) is 18.3 Å². The van der Waals surface area contributed by atoms with E-state index in [-0.39, 0.29) is 17.6 Å². The lowest BCUT2D eigenvalue weighted by Gasteiger charge is -2.11. The summed E-state index contributed by atoms with van der Waals surface area (Å²) >= 11 is 6.35. The third-order valence-corrected chi connectivity index (χ3v) is 5.43. The van der Waals surface area contributed by atoms with Gasteiger partial charge in [-0.2, -0.15) is 14.9 Å². The Morgan fingerprint density at radius 1 is 1.41 bits per heavy atom. The summed E-state index contributed by atoms with van der Waals surface area (Å²) in [6.07, 6.45) is 5.21. The first-order valence-corrected chi connectivity index (χ1v) is 10.2. The number of imidazole rings is 1. The van der Waals surface area contributed by atoms with Crippen LogP contribution in [0.15, 0.2) is 34.2 Å². The third-order valence-electron chi connectivity index (χ3n) is 5.12. The van der Waals surface area contributed by atoms with E-state index < -0.39 is 5.69 Å². The molecule has 0 unspecified atom stereocenters. The molecule has 1 aromatic carbocycles. The molecule has 1 fully saturated rings. The molecule has 160 valence electrons. The molecule has 1 aliphatic rings. The Labute approximate surface area is 185 Å². The van der Waals surface area contributed by atoms with Crippen molar-refractivity contribution < 1.29 is 5.11 Å². The number of hydrogen-bond acceptors (Lipinski definition) is 7. The van der Waals surface area contributed by atoms with E-state index in [0.717, 1.165) is 18.4 Å². The van der Waals surface area contributed by atoms with Crippen molar-refractivity contribution >= 4 is 34.8 Å². The number of nitriles is 1. The monoisotopic (exact) mass is 448 g/mol. The van der Waals surface area contributed by atoms with Gasteiger partial charge in [-0.25, -0.2) is 9.78 Å². The van der Waals surface area contributed by atoms with Gasteiger partial charge in [-0.05, 0) is 44.0 Å². The van der Waals surface area contributed by atoms with Gasteiger partial charge in [0, 0.05) is 10.8 Å². The molecule has 0 amide bonds. The number of fused-ring (bicyclic) bond motifs is 1. The lowest BCUT2D eigenvalue weighted by molar-refractivity contribution is 0.454. The number of H-pyrrole nitrogens is 2. The van der Waals surface area contributed by atoms with Gasteiger partial charge in [0.25, 0.3) is 0 Å². The second-order valence-corrected chi connectivity index (χ2v) is 7.93. The molecule has 1 saturated carbocycles. The minimum absolute atomic E-state index is 0.220. The molecule has 4 N–H and O–H groups in total. The average Bonchev–Trinajstić information content (AvgIpc) is 3.42. The molecule has 3 aromatic heterocycles. The Kier molecular flexibility index (Phi) is 4.68. The van der Waals surface area contributed by atoms with Gasteiger partial charge in [-0.15, -0.1) is 0 Å². The highest BCUT2D eigenvalue weighted by atomic mass is 35.5. The highest BCUT2D eigenvalue weighted by Crippen LogP contribution is 2.27. The Balaban J connectivity index is 1.71. The van der Waals surface area contributed by atoms with Crippen LogP contribution in [0.4, 0.5) is 11.5 Å². The van der Waals surface area contributed by atoms with Gasteiger partial charge < -0.3 is 15.4 Å². The fourth-order valence-electron chi connectivity index (χ4n) is 3.29. The topological polar surface area (TPSA) is 147 Å². The van der Waals surface area contributed by atoms with Crippen molar-refractivity contribution in [2.45, 2.75) is 25.8 Å². The maximum Gasteiger partial charge on any atom is 0.326 e. The number of nitrogens with zero attached hydrogens (tertiary/aromatic N) is 5. The predicted molar refractivity (Wildman–Crippen MR) is 118 cm³/mol. The van der Waals surface area contributed by atoms with Gasteiger partial charge in [0.1, 0.15) is 11.5 Å². The third kappa shape index (κ3) is 3.59. The molecule has 32 heavy (non-hydrogen) atoms. The van der Waals surface area contributed by atoms with Crippen LogP contribution in [-0.2, 0) is 0 Å². The van der Waals surface area contributed by atoms with Gasteiger partial charge in [0.2, 0.25) is 5.88 Å². The van der Waals surface area contributed by atoms with Crippen molar-refractivity contribution in [1.82, 2.24) is 24.6 Å². The second kappa shape index (κ2) is 7.55. The SMILES string of the molecule is Cc1c(Nc2ccc(C#N)cc2Cl)nc2c(=Cc3[nH]c(=O)[nH]c3O)cnn2c1=NC1CC1. The van der Waals surface area contributed by atoms with E-state index in [1.807, 2.05) is 6.92 Å². The van der Waals surface area contributed by atoms with Crippen LogP contribution in [0.5, 0.6) is 5.88 Å². The summed E-state index contributed by atoms with van der Waals surface area (Å²) in [6.45, 7) is 1.90. The largest absolute Gasteiger partial charge is 0.493 e. The number of rotatable bonds is 4. The van der Waals surface area contributed by atoms with E-state index in [0.29, 0.717) is 38.4 Å². The Hall–Kier alpha value is -4.10. The summed E-state index contributed by atoms with van der Waals surface area (Å²) in [6, 6.07) is 7.27. The molecule has 0 saturated heterocycles. The lowest BCUT2D eigenvalue weighted by atomic mass is 10.2. The van der Waals surface area contributed by atoms with Crippen LogP contribution in [0.25, 0.3) is 11.7 Å². The molecule has 3 heterocycles. The Bertz CT molecular complexity index is 1590. The van der Waals surface area contributed by atoms with E-state index in [1.54, 1.807) is 35.0 Å². The van der Waals surface area contributed by atoms with E-state index >= 15 is 0 Å². The number of halogens is 1. The van der Waals surface area contributed by atoms with Crippen LogP contribution < -0.4 is 21.7 Å². The van der Waals surface area contributed by atoms with Gasteiger partial charge >= 0.3 is 5.69 Å². The van der Waals surface area contributed by atoms with Gasteiger partial charge in [-0.3, -0.25) is 9.98 Å². The van der Waals surface area contributed by atoms with Crippen molar-refractivity contribution in [3.05, 3.63) is 67.4 Å². The highest BCUT2D eigenvalue weighted by molar-refractivity contribution is 6.33. The number of benzene rings is 1. The van der Waals surface area contributed by atoms with Crippen molar-refractivity contribution in [3.63, 3.8) is 0 Å². The zero-order valence-corrected chi connectivity index (χ0v) is 17.6. The fourth-order valence-corrected chi connectivity index (χ4v) is 3.52. The summed E-state index contributed by atoms with van der Waals surface area (Å²) in [4.78, 5) is 25.8. The molecule has 0 aliphatic heterocycles. The minimum atomic E-state index is -0.517. The summed E-state index contributed by atoms with van der Waals surface area (Å²) in [5, 5.41) is 27.6. The number of aromatic hydroxyl groups is 1. The quantitative estimate of drug-likeness (QED) is 0.373. The van der Waals surface area contributed by atoms with Crippen molar-refractivity contribution in [3.8, 4) is 11.9 Å². The van der Waals surface area contributed by atoms with Gasteiger partial charge in [0.05, 0.1) is 34.6 Å². The van der Waals surface area contributed by atoms with Crippen LogP contribution in [0.1, 0.15) is 29.7 Å².